The van der Waals surface area contributed by atoms with E-state index in [1.807, 2.05) is 0 Å². The number of benzene rings is 1. The van der Waals surface area contributed by atoms with Gasteiger partial charge in [0.15, 0.2) is 6.61 Å². The first-order valence-electron chi connectivity index (χ1n) is 4.91. The number of nitrogens with one attached hydrogen (secondary N) is 1. The van der Waals surface area contributed by atoms with E-state index in [4.69, 9.17) is 21.4 Å². The molecule has 1 unspecified atom stereocenters. The summed E-state index contributed by atoms with van der Waals surface area (Å²) in [6.07, 6.45) is -0.556. The maximum Gasteiger partial charge on any atom is 0.258 e. The minimum absolute atomic E-state index is 0.0750. The minimum Gasteiger partial charge on any atom is -0.484 e. The van der Waals surface area contributed by atoms with Gasteiger partial charge in [-0.2, -0.15) is 0 Å². The molecule has 1 amide bonds. The average Bonchev–Trinajstić information content (AvgIpc) is 2.25. The molecule has 0 bridgehead atoms. The summed E-state index contributed by atoms with van der Waals surface area (Å²) in [5, 5.41) is 12.1. The summed E-state index contributed by atoms with van der Waals surface area (Å²) < 4.78 is 5.20. The number of amides is 1. The van der Waals surface area contributed by atoms with Crippen LogP contribution in [0.25, 0.3) is 0 Å². The summed E-state index contributed by atoms with van der Waals surface area (Å²) >= 11 is 5.70. The van der Waals surface area contributed by atoms with E-state index in [0.717, 1.165) is 0 Å². The van der Waals surface area contributed by atoms with Gasteiger partial charge in [-0.15, -0.1) is 0 Å². The Kier molecular flexibility index (Phi) is 5.08. The molecule has 0 aliphatic heterocycles. The second-order valence-electron chi connectivity index (χ2n) is 3.40. The fourth-order valence-corrected chi connectivity index (χ4v) is 1.12. The van der Waals surface area contributed by atoms with Gasteiger partial charge in [0.1, 0.15) is 5.75 Å². The van der Waals surface area contributed by atoms with Gasteiger partial charge in [-0.05, 0) is 31.2 Å². The van der Waals surface area contributed by atoms with Crippen LogP contribution in [0.4, 0.5) is 0 Å². The highest BCUT2D eigenvalue weighted by Gasteiger charge is 2.03. The van der Waals surface area contributed by atoms with E-state index in [1.54, 1.807) is 31.2 Å². The number of hydrogen-bond acceptors (Lipinski definition) is 3. The Morgan fingerprint density at radius 3 is 2.69 bits per heavy atom. The molecule has 1 rings (SSSR count). The number of aliphatic hydroxyl groups excluding tert-OH is 1. The number of carbonyl (C=O) groups is 1. The molecule has 88 valence electrons. The first kappa shape index (κ1) is 12.8. The van der Waals surface area contributed by atoms with Crippen molar-refractivity contribution in [2.45, 2.75) is 13.0 Å². The van der Waals surface area contributed by atoms with Crippen LogP contribution in [0.5, 0.6) is 5.75 Å². The third-order valence-corrected chi connectivity index (χ3v) is 2.03. The molecule has 1 aromatic rings. The highest BCUT2D eigenvalue weighted by atomic mass is 35.5. The molecule has 1 aromatic carbocycles. The third kappa shape index (κ3) is 5.00. The Labute approximate surface area is 99.2 Å². The molecule has 0 fully saturated rings. The van der Waals surface area contributed by atoms with E-state index >= 15 is 0 Å². The molecule has 0 saturated heterocycles. The Bertz CT molecular complexity index is 338. The molecular formula is C11H14ClNO3. The monoisotopic (exact) mass is 243 g/mol. The van der Waals surface area contributed by atoms with E-state index in [-0.39, 0.29) is 19.1 Å². The van der Waals surface area contributed by atoms with Crippen molar-refractivity contribution >= 4 is 17.5 Å². The van der Waals surface area contributed by atoms with Gasteiger partial charge in [0.2, 0.25) is 0 Å². The first-order valence-corrected chi connectivity index (χ1v) is 5.29. The van der Waals surface area contributed by atoms with Crippen molar-refractivity contribution in [3.8, 4) is 5.75 Å². The van der Waals surface area contributed by atoms with Crippen molar-refractivity contribution in [1.29, 1.82) is 0 Å². The quantitative estimate of drug-likeness (QED) is 0.818. The van der Waals surface area contributed by atoms with Gasteiger partial charge in [0, 0.05) is 11.6 Å². The Morgan fingerprint density at radius 1 is 1.50 bits per heavy atom. The Hall–Kier alpha value is -1.26. The molecule has 0 aliphatic rings. The van der Waals surface area contributed by atoms with Gasteiger partial charge < -0.3 is 15.2 Å². The smallest absolute Gasteiger partial charge is 0.258 e. The van der Waals surface area contributed by atoms with Crippen LogP contribution < -0.4 is 10.1 Å². The zero-order valence-corrected chi connectivity index (χ0v) is 9.70. The number of carbonyl (C=O) groups excluding carboxylic acids is 1. The lowest BCUT2D eigenvalue weighted by molar-refractivity contribution is -0.123. The van der Waals surface area contributed by atoms with Crippen molar-refractivity contribution in [2.75, 3.05) is 13.2 Å². The highest BCUT2D eigenvalue weighted by molar-refractivity contribution is 6.30. The predicted molar refractivity (Wildman–Crippen MR) is 61.6 cm³/mol. The summed E-state index contributed by atoms with van der Waals surface area (Å²) in [6.45, 7) is 1.75. The molecule has 0 aromatic heterocycles. The molecular weight excluding hydrogens is 230 g/mol. The van der Waals surface area contributed by atoms with Crippen molar-refractivity contribution in [3.63, 3.8) is 0 Å². The number of aliphatic hydroxyl groups is 1. The maximum atomic E-state index is 11.2. The van der Waals surface area contributed by atoms with Crippen LogP contribution in [-0.4, -0.2) is 30.3 Å². The average molecular weight is 244 g/mol. The SMILES string of the molecule is CC(O)CNC(=O)COc1ccc(Cl)cc1. The van der Waals surface area contributed by atoms with Crippen LogP contribution in [0.2, 0.25) is 5.02 Å². The molecule has 0 radical (unpaired) electrons. The van der Waals surface area contributed by atoms with E-state index in [2.05, 4.69) is 5.32 Å². The fraction of sp³-hybridized carbons (Fsp3) is 0.364. The van der Waals surface area contributed by atoms with E-state index < -0.39 is 6.10 Å². The summed E-state index contributed by atoms with van der Waals surface area (Å²) in [5.74, 6) is 0.312. The fourth-order valence-electron chi connectivity index (χ4n) is 0.992. The van der Waals surface area contributed by atoms with Crippen molar-refractivity contribution in [2.24, 2.45) is 0 Å². The predicted octanol–water partition coefficient (Wildman–Crippen LogP) is 1.22. The second-order valence-corrected chi connectivity index (χ2v) is 3.83. The van der Waals surface area contributed by atoms with Crippen LogP contribution in [0.1, 0.15) is 6.92 Å². The van der Waals surface area contributed by atoms with Gasteiger partial charge in [-0.25, -0.2) is 0 Å². The van der Waals surface area contributed by atoms with Gasteiger partial charge in [-0.3, -0.25) is 4.79 Å². The Balaban J connectivity index is 2.29. The molecule has 0 heterocycles. The normalized spacial score (nSPS) is 11.9. The van der Waals surface area contributed by atoms with Gasteiger partial charge in [0.05, 0.1) is 6.10 Å². The van der Waals surface area contributed by atoms with Crippen LogP contribution >= 0.6 is 11.6 Å². The zero-order chi connectivity index (χ0) is 12.0. The summed E-state index contributed by atoms with van der Waals surface area (Å²) in [4.78, 5) is 11.2. The summed E-state index contributed by atoms with van der Waals surface area (Å²) in [7, 11) is 0. The Morgan fingerprint density at radius 2 is 2.12 bits per heavy atom. The van der Waals surface area contributed by atoms with Crippen LogP contribution in [0.3, 0.4) is 0 Å². The molecule has 0 spiro atoms. The van der Waals surface area contributed by atoms with Gasteiger partial charge in [-0.1, -0.05) is 11.6 Å². The summed E-state index contributed by atoms with van der Waals surface area (Å²) in [6, 6.07) is 6.74. The number of hydrogen-bond donors (Lipinski definition) is 2. The highest BCUT2D eigenvalue weighted by Crippen LogP contribution is 2.15. The molecule has 4 nitrogen and oxygen atoms in total. The molecule has 1 atom stereocenters. The second kappa shape index (κ2) is 6.35. The largest absolute Gasteiger partial charge is 0.484 e. The minimum atomic E-state index is -0.556. The van der Waals surface area contributed by atoms with E-state index in [0.29, 0.717) is 10.8 Å². The van der Waals surface area contributed by atoms with Crippen molar-refractivity contribution < 1.29 is 14.6 Å². The van der Waals surface area contributed by atoms with Crippen LogP contribution in [0, 0.1) is 0 Å². The lowest BCUT2D eigenvalue weighted by Crippen LogP contribution is -2.34. The van der Waals surface area contributed by atoms with Crippen molar-refractivity contribution in [1.82, 2.24) is 5.32 Å². The molecule has 2 N–H and O–H groups in total. The number of halogens is 1. The van der Waals surface area contributed by atoms with Crippen molar-refractivity contribution in [3.05, 3.63) is 29.3 Å². The van der Waals surface area contributed by atoms with E-state index in [9.17, 15) is 4.79 Å². The zero-order valence-electron chi connectivity index (χ0n) is 8.94. The lowest BCUT2D eigenvalue weighted by atomic mass is 10.3. The van der Waals surface area contributed by atoms with Gasteiger partial charge in [0.25, 0.3) is 5.91 Å². The molecule has 16 heavy (non-hydrogen) atoms. The lowest BCUT2D eigenvalue weighted by Gasteiger charge is -2.08. The molecule has 0 aliphatic carbocycles. The maximum absolute atomic E-state index is 11.2. The third-order valence-electron chi connectivity index (χ3n) is 1.78. The van der Waals surface area contributed by atoms with Crippen LogP contribution in [0.15, 0.2) is 24.3 Å². The van der Waals surface area contributed by atoms with Crippen LogP contribution in [-0.2, 0) is 4.79 Å². The number of rotatable bonds is 5. The topological polar surface area (TPSA) is 58.6 Å². The van der Waals surface area contributed by atoms with E-state index in [1.165, 1.54) is 0 Å². The first-order chi connectivity index (χ1) is 7.58. The molecule has 5 heteroatoms. The van der Waals surface area contributed by atoms with Gasteiger partial charge >= 0.3 is 0 Å². The standard InChI is InChI=1S/C11H14ClNO3/c1-8(14)6-13-11(15)7-16-10-4-2-9(12)3-5-10/h2-5,8,14H,6-7H2,1H3,(H,13,15). The molecule has 0 saturated carbocycles. The summed E-state index contributed by atoms with van der Waals surface area (Å²) in [5.41, 5.74) is 0. The number of ether oxygens (including phenoxy) is 1.